The number of rotatable bonds is 0. The number of nitrogens with one attached hydrogen (secondary N) is 1. The Kier molecular flexibility index (Phi) is 1.53. The van der Waals surface area contributed by atoms with Crippen molar-refractivity contribution in [1.82, 2.24) is 19.6 Å². The molecule has 3 heterocycles. The lowest BCUT2D eigenvalue weighted by Crippen LogP contribution is -2.01. The molecule has 0 unspecified atom stereocenters. The van der Waals surface area contributed by atoms with Gasteiger partial charge in [-0.2, -0.15) is 4.98 Å². The van der Waals surface area contributed by atoms with E-state index < -0.39 is 0 Å². The van der Waals surface area contributed by atoms with E-state index in [2.05, 4.69) is 15.1 Å². The van der Waals surface area contributed by atoms with Crippen molar-refractivity contribution in [1.29, 1.82) is 0 Å². The van der Waals surface area contributed by atoms with Gasteiger partial charge >= 0.3 is 5.69 Å². The first-order valence-corrected chi connectivity index (χ1v) is 5.31. The van der Waals surface area contributed by atoms with Gasteiger partial charge in [-0.25, -0.2) is 19.4 Å². The second-order valence-corrected chi connectivity index (χ2v) is 4.63. The maximum atomic E-state index is 11.1. The van der Waals surface area contributed by atoms with Crippen molar-refractivity contribution in [3.8, 4) is 0 Å². The summed E-state index contributed by atoms with van der Waals surface area (Å²) in [6.45, 7) is 4.07. The van der Waals surface area contributed by atoms with E-state index in [1.807, 2.05) is 13.8 Å². The number of aromatic nitrogens is 4. The lowest BCUT2D eigenvalue weighted by Gasteiger charge is -1.94. The molecule has 3 rings (SSSR count). The summed E-state index contributed by atoms with van der Waals surface area (Å²) in [6, 6.07) is 0. The molecule has 0 aliphatic carbocycles. The van der Waals surface area contributed by atoms with Gasteiger partial charge < -0.3 is 0 Å². The zero-order chi connectivity index (χ0) is 10.6. The Morgan fingerprint density at radius 1 is 1.47 bits per heavy atom. The standard InChI is InChI=1S/C9H8N4OS/c1-4-5(2)15-8-6(4)7-11-9(14)12-13(7)3-10-8/h3H,1-2H3,(H,12,14). The van der Waals surface area contributed by atoms with Crippen LogP contribution in [0.5, 0.6) is 0 Å². The molecule has 76 valence electrons. The fourth-order valence-electron chi connectivity index (χ4n) is 1.66. The van der Waals surface area contributed by atoms with Crippen LogP contribution in [-0.4, -0.2) is 19.6 Å². The maximum Gasteiger partial charge on any atom is 0.362 e. The second-order valence-electron chi connectivity index (χ2n) is 3.43. The fraction of sp³-hybridized carbons (Fsp3) is 0.222. The monoisotopic (exact) mass is 220 g/mol. The van der Waals surface area contributed by atoms with Crippen LogP contribution in [0.4, 0.5) is 0 Å². The Bertz CT molecular complexity index is 721. The van der Waals surface area contributed by atoms with Crippen molar-refractivity contribution >= 4 is 27.2 Å². The van der Waals surface area contributed by atoms with Crippen molar-refractivity contribution in [3.63, 3.8) is 0 Å². The molecule has 3 aromatic heterocycles. The molecule has 0 saturated heterocycles. The maximum absolute atomic E-state index is 11.1. The molecule has 0 bridgehead atoms. The lowest BCUT2D eigenvalue weighted by molar-refractivity contribution is 0.913. The average molecular weight is 220 g/mol. The highest BCUT2D eigenvalue weighted by molar-refractivity contribution is 7.18. The zero-order valence-corrected chi connectivity index (χ0v) is 9.05. The van der Waals surface area contributed by atoms with Crippen LogP contribution in [0.1, 0.15) is 10.4 Å². The van der Waals surface area contributed by atoms with Crippen molar-refractivity contribution in [2.24, 2.45) is 0 Å². The summed E-state index contributed by atoms with van der Waals surface area (Å²) in [7, 11) is 0. The van der Waals surface area contributed by atoms with E-state index in [-0.39, 0.29) is 5.69 Å². The van der Waals surface area contributed by atoms with Gasteiger partial charge in [-0.1, -0.05) is 0 Å². The van der Waals surface area contributed by atoms with Crippen LogP contribution >= 0.6 is 11.3 Å². The van der Waals surface area contributed by atoms with E-state index in [9.17, 15) is 4.79 Å². The van der Waals surface area contributed by atoms with Crippen molar-refractivity contribution < 1.29 is 0 Å². The van der Waals surface area contributed by atoms with Gasteiger partial charge in [0.2, 0.25) is 0 Å². The molecule has 0 radical (unpaired) electrons. The summed E-state index contributed by atoms with van der Waals surface area (Å²) >= 11 is 1.62. The molecule has 6 heteroatoms. The molecule has 3 aromatic rings. The number of hydrogen-bond acceptors (Lipinski definition) is 4. The first kappa shape index (κ1) is 8.60. The van der Waals surface area contributed by atoms with Crippen LogP contribution < -0.4 is 5.69 Å². The molecule has 0 amide bonds. The quantitative estimate of drug-likeness (QED) is 0.620. The van der Waals surface area contributed by atoms with Gasteiger partial charge in [0.15, 0.2) is 5.65 Å². The van der Waals surface area contributed by atoms with E-state index in [1.54, 1.807) is 22.2 Å². The van der Waals surface area contributed by atoms with Gasteiger partial charge in [0.25, 0.3) is 0 Å². The Morgan fingerprint density at radius 3 is 3.07 bits per heavy atom. The molecule has 0 fully saturated rings. The normalized spacial score (nSPS) is 11.6. The Balaban J connectivity index is 2.68. The minimum atomic E-state index is -0.340. The fourth-order valence-corrected chi connectivity index (χ4v) is 2.66. The van der Waals surface area contributed by atoms with Gasteiger partial charge in [0.05, 0.1) is 5.39 Å². The molecule has 0 saturated carbocycles. The predicted molar refractivity (Wildman–Crippen MR) is 58.5 cm³/mol. The SMILES string of the molecule is Cc1sc2ncn3[nH]c(=O)nc3c2c1C. The Morgan fingerprint density at radius 2 is 2.27 bits per heavy atom. The van der Waals surface area contributed by atoms with E-state index in [4.69, 9.17) is 0 Å². The Labute approximate surface area is 88.4 Å². The highest BCUT2D eigenvalue weighted by Gasteiger charge is 2.11. The van der Waals surface area contributed by atoms with Gasteiger partial charge in [-0.3, -0.25) is 0 Å². The van der Waals surface area contributed by atoms with Crippen molar-refractivity contribution in [2.45, 2.75) is 13.8 Å². The Hall–Kier alpha value is -1.69. The number of aryl methyl sites for hydroxylation is 2. The van der Waals surface area contributed by atoms with Gasteiger partial charge in [0.1, 0.15) is 11.2 Å². The summed E-state index contributed by atoms with van der Waals surface area (Å²) in [5, 5.41) is 3.55. The van der Waals surface area contributed by atoms with Crippen LogP contribution in [0.2, 0.25) is 0 Å². The van der Waals surface area contributed by atoms with Crippen LogP contribution in [-0.2, 0) is 0 Å². The van der Waals surface area contributed by atoms with E-state index in [1.165, 1.54) is 4.88 Å². The van der Waals surface area contributed by atoms with E-state index in [0.29, 0.717) is 5.65 Å². The summed E-state index contributed by atoms with van der Waals surface area (Å²) < 4.78 is 1.56. The molecule has 0 aliphatic heterocycles. The third-order valence-corrected chi connectivity index (χ3v) is 3.65. The van der Waals surface area contributed by atoms with E-state index >= 15 is 0 Å². The third kappa shape index (κ3) is 1.05. The molecule has 0 spiro atoms. The van der Waals surface area contributed by atoms with Crippen LogP contribution in [0.25, 0.3) is 15.9 Å². The molecule has 5 nitrogen and oxygen atoms in total. The number of hydrogen-bond donors (Lipinski definition) is 1. The van der Waals surface area contributed by atoms with Gasteiger partial charge in [-0.05, 0) is 19.4 Å². The summed E-state index contributed by atoms with van der Waals surface area (Å²) in [6.07, 6.45) is 1.58. The highest BCUT2D eigenvalue weighted by Crippen LogP contribution is 2.29. The van der Waals surface area contributed by atoms with E-state index in [0.717, 1.165) is 15.8 Å². The molecule has 0 aromatic carbocycles. The lowest BCUT2D eigenvalue weighted by atomic mass is 10.2. The molecular formula is C9H8N4OS. The van der Waals surface area contributed by atoms with Crippen molar-refractivity contribution in [3.05, 3.63) is 27.3 Å². The predicted octanol–water partition coefficient (Wildman–Crippen LogP) is 1.25. The summed E-state index contributed by atoms with van der Waals surface area (Å²) in [4.78, 5) is 21.5. The number of fused-ring (bicyclic) bond motifs is 3. The highest BCUT2D eigenvalue weighted by atomic mass is 32.1. The van der Waals surface area contributed by atoms with Crippen LogP contribution in [0.15, 0.2) is 11.1 Å². The first-order chi connectivity index (χ1) is 7.16. The number of aromatic amines is 1. The third-order valence-electron chi connectivity index (χ3n) is 2.53. The molecule has 0 atom stereocenters. The number of H-pyrrole nitrogens is 1. The smallest absolute Gasteiger partial charge is 0.244 e. The summed E-state index contributed by atoms with van der Waals surface area (Å²) in [5.41, 5.74) is 1.46. The molecule has 15 heavy (non-hydrogen) atoms. The second kappa shape index (κ2) is 2.66. The molecule has 0 aliphatic rings. The largest absolute Gasteiger partial charge is 0.362 e. The number of nitrogens with zero attached hydrogens (tertiary/aromatic N) is 3. The van der Waals surface area contributed by atoms with Crippen LogP contribution in [0, 0.1) is 13.8 Å². The topological polar surface area (TPSA) is 63.1 Å². The molecular weight excluding hydrogens is 212 g/mol. The summed E-state index contributed by atoms with van der Waals surface area (Å²) in [5.74, 6) is 0. The minimum absolute atomic E-state index is 0.340. The zero-order valence-electron chi connectivity index (χ0n) is 8.24. The first-order valence-electron chi connectivity index (χ1n) is 4.50. The number of thiophene rings is 1. The van der Waals surface area contributed by atoms with Gasteiger partial charge in [-0.15, -0.1) is 11.3 Å². The van der Waals surface area contributed by atoms with Gasteiger partial charge in [0, 0.05) is 4.88 Å². The average Bonchev–Trinajstić information content (AvgIpc) is 2.68. The van der Waals surface area contributed by atoms with Crippen molar-refractivity contribution in [2.75, 3.05) is 0 Å². The molecule has 1 N–H and O–H groups in total. The minimum Gasteiger partial charge on any atom is -0.244 e. The van der Waals surface area contributed by atoms with Crippen LogP contribution in [0.3, 0.4) is 0 Å².